The Morgan fingerprint density at radius 2 is 2.29 bits per heavy atom. The fraction of sp³-hybridized carbons (Fsp3) is 0.333. The number of hydrogen-bond donors (Lipinski definition) is 1. The minimum absolute atomic E-state index is 0.671. The summed E-state index contributed by atoms with van der Waals surface area (Å²) in [5, 5.41) is 8.81. The Hall–Kier alpha value is -1.09. The van der Waals surface area contributed by atoms with E-state index in [0.717, 1.165) is 15.6 Å². The molecule has 2 aromatic rings. The molecule has 0 aliphatic carbocycles. The third kappa shape index (κ3) is 3.19. The lowest BCUT2D eigenvalue weighted by Gasteiger charge is -2.13. The summed E-state index contributed by atoms with van der Waals surface area (Å²) in [4.78, 5) is 4.52. The van der Waals surface area contributed by atoms with Gasteiger partial charge in [0.25, 0.3) is 0 Å². The molecule has 1 aromatic heterocycles. The van der Waals surface area contributed by atoms with Gasteiger partial charge in [-0.2, -0.15) is 5.26 Å². The maximum Gasteiger partial charge on any atom is 0.151 e. The molecule has 3 nitrogen and oxygen atoms in total. The number of thioether (sulfide) groups is 1. The van der Waals surface area contributed by atoms with Crippen LogP contribution in [0.25, 0.3) is 10.2 Å². The quantitative estimate of drug-likeness (QED) is 0.861. The normalized spacial score (nSPS) is 14.4. The van der Waals surface area contributed by atoms with Crippen molar-refractivity contribution >= 4 is 33.3 Å². The molecule has 0 spiro atoms. The maximum absolute atomic E-state index is 8.81. The molecule has 0 bridgehead atoms. The van der Waals surface area contributed by atoms with Crippen molar-refractivity contribution in [3.8, 4) is 6.07 Å². The van der Waals surface area contributed by atoms with Crippen LogP contribution in [-0.2, 0) is 0 Å². The van der Waals surface area contributed by atoms with E-state index in [9.17, 15) is 0 Å². The Kier molecular flexibility index (Phi) is 3.67. The van der Waals surface area contributed by atoms with E-state index in [4.69, 9.17) is 11.0 Å². The summed E-state index contributed by atoms with van der Waals surface area (Å²) in [5.74, 6) is 0.820. The van der Waals surface area contributed by atoms with Crippen LogP contribution in [0, 0.1) is 11.3 Å². The summed E-state index contributed by atoms with van der Waals surface area (Å²) in [5.41, 5.74) is 6.07. The molecule has 1 unspecified atom stereocenters. The minimum Gasteiger partial charge on any atom is -0.314 e. The zero-order valence-electron chi connectivity index (χ0n) is 9.51. The second-order valence-electron chi connectivity index (χ2n) is 4.08. The molecule has 0 aliphatic heterocycles. The lowest BCUT2D eigenvalue weighted by molar-refractivity contribution is 0.583. The Morgan fingerprint density at radius 1 is 1.53 bits per heavy atom. The van der Waals surface area contributed by atoms with Crippen molar-refractivity contribution in [1.82, 2.24) is 4.98 Å². The number of nitrogens with zero attached hydrogens (tertiary/aromatic N) is 2. The second kappa shape index (κ2) is 5.05. The van der Waals surface area contributed by atoms with Crippen molar-refractivity contribution in [1.29, 1.82) is 5.26 Å². The maximum atomic E-state index is 8.81. The van der Waals surface area contributed by atoms with E-state index >= 15 is 0 Å². The molecule has 0 saturated carbocycles. The molecule has 5 heteroatoms. The topological polar surface area (TPSA) is 62.7 Å². The van der Waals surface area contributed by atoms with E-state index in [1.54, 1.807) is 30.0 Å². The van der Waals surface area contributed by atoms with Crippen LogP contribution in [0.1, 0.15) is 13.3 Å². The summed E-state index contributed by atoms with van der Waals surface area (Å²) in [6.45, 7) is 1.76. The van der Waals surface area contributed by atoms with Gasteiger partial charge in [0.1, 0.15) is 5.54 Å². The van der Waals surface area contributed by atoms with E-state index in [1.165, 1.54) is 4.70 Å². The fourth-order valence-electron chi connectivity index (χ4n) is 1.32. The van der Waals surface area contributed by atoms with Gasteiger partial charge in [0, 0.05) is 5.75 Å². The Labute approximate surface area is 109 Å². The largest absolute Gasteiger partial charge is 0.314 e. The molecule has 2 rings (SSSR count). The van der Waals surface area contributed by atoms with Crippen LogP contribution in [0.2, 0.25) is 0 Å². The van der Waals surface area contributed by atoms with Crippen molar-refractivity contribution in [3.63, 3.8) is 0 Å². The van der Waals surface area contributed by atoms with Gasteiger partial charge in [0.05, 0.1) is 16.3 Å². The fourth-order valence-corrected chi connectivity index (χ4v) is 3.63. The number of hydrogen-bond acceptors (Lipinski definition) is 5. The number of nitriles is 1. The molecule has 1 aromatic carbocycles. The first kappa shape index (κ1) is 12.4. The van der Waals surface area contributed by atoms with Crippen molar-refractivity contribution in [2.75, 3.05) is 5.75 Å². The van der Waals surface area contributed by atoms with Gasteiger partial charge < -0.3 is 5.73 Å². The third-order valence-electron chi connectivity index (χ3n) is 2.38. The molecule has 0 radical (unpaired) electrons. The highest BCUT2D eigenvalue weighted by atomic mass is 32.2. The number of fused-ring (bicyclic) bond motifs is 1. The van der Waals surface area contributed by atoms with E-state index in [1.807, 2.05) is 18.2 Å². The molecule has 1 atom stereocenters. The van der Waals surface area contributed by atoms with E-state index < -0.39 is 5.54 Å². The van der Waals surface area contributed by atoms with Gasteiger partial charge in [-0.15, -0.1) is 11.3 Å². The molecule has 2 N–H and O–H groups in total. The molecular weight excluding hydrogens is 250 g/mol. The number of para-hydroxylation sites is 1. The summed E-state index contributed by atoms with van der Waals surface area (Å²) in [6.07, 6.45) is 0.671. The Balaban J connectivity index is 1.98. The molecule has 0 aliphatic rings. The van der Waals surface area contributed by atoms with Crippen molar-refractivity contribution in [3.05, 3.63) is 24.3 Å². The second-order valence-corrected chi connectivity index (χ2v) is 6.45. The highest BCUT2D eigenvalue weighted by molar-refractivity contribution is 8.01. The molecule has 0 saturated heterocycles. The number of thiazole rings is 1. The molecular formula is C12H13N3S2. The van der Waals surface area contributed by atoms with Crippen LogP contribution in [0.5, 0.6) is 0 Å². The zero-order valence-corrected chi connectivity index (χ0v) is 11.1. The molecule has 17 heavy (non-hydrogen) atoms. The lowest BCUT2D eigenvalue weighted by Crippen LogP contribution is -2.34. The van der Waals surface area contributed by atoms with Crippen LogP contribution >= 0.6 is 23.1 Å². The number of aromatic nitrogens is 1. The monoisotopic (exact) mass is 263 g/mol. The van der Waals surface area contributed by atoms with E-state index in [-0.39, 0.29) is 0 Å². The van der Waals surface area contributed by atoms with Gasteiger partial charge in [0.15, 0.2) is 4.34 Å². The van der Waals surface area contributed by atoms with Gasteiger partial charge in [0.2, 0.25) is 0 Å². The van der Waals surface area contributed by atoms with Gasteiger partial charge in [-0.05, 0) is 25.5 Å². The highest BCUT2D eigenvalue weighted by Crippen LogP contribution is 2.30. The first-order valence-electron chi connectivity index (χ1n) is 5.29. The minimum atomic E-state index is -0.732. The third-order valence-corrected chi connectivity index (χ3v) is 4.56. The highest BCUT2D eigenvalue weighted by Gasteiger charge is 2.17. The van der Waals surface area contributed by atoms with Crippen LogP contribution in [0.4, 0.5) is 0 Å². The molecule has 0 amide bonds. The summed E-state index contributed by atoms with van der Waals surface area (Å²) >= 11 is 3.35. The zero-order chi connectivity index (χ0) is 12.3. The van der Waals surface area contributed by atoms with Crippen molar-refractivity contribution in [2.45, 2.75) is 23.2 Å². The van der Waals surface area contributed by atoms with Gasteiger partial charge in [-0.1, -0.05) is 23.9 Å². The average Bonchev–Trinajstić information content (AvgIpc) is 2.71. The Morgan fingerprint density at radius 3 is 3.00 bits per heavy atom. The average molecular weight is 263 g/mol. The van der Waals surface area contributed by atoms with Crippen LogP contribution in [0.15, 0.2) is 28.6 Å². The van der Waals surface area contributed by atoms with Crippen LogP contribution in [-0.4, -0.2) is 16.3 Å². The predicted molar refractivity (Wildman–Crippen MR) is 73.2 cm³/mol. The van der Waals surface area contributed by atoms with Crippen LogP contribution < -0.4 is 5.73 Å². The first-order chi connectivity index (χ1) is 8.11. The Bertz CT molecular complexity index is 521. The van der Waals surface area contributed by atoms with Gasteiger partial charge >= 0.3 is 0 Å². The number of benzene rings is 1. The smallest absolute Gasteiger partial charge is 0.151 e. The summed E-state index contributed by atoms with van der Waals surface area (Å²) in [7, 11) is 0. The predicted octanol–water partition coefficient (Wildman–Crippen LogP) is 3.02. The summed E-state index contributed by atoms with van der Waals surface area (Å²) in [6, 6.07) is 10.2. The van der Waals surface area contributed by atoms with Crippen LogP contribution in [0.3, 0.4) is 0 Å². The summed E-state index contributed by atoms with van der Waals surface area (Å²) < 4.78 is 2.24. The number of rotatable bonds is 4. The van der Waals surface area contributed by atoms with Gasteiger partial charge in [-0.3, -0.25) is 0 Å². The van der Waals surface area contributed by atoms with Crippen molar-refractivity contribution < 1.29 is 0 Å². The molecule has 1 heterocycles. The first-order valence-corrected chi connectivity index (χ1v) is 7.09. The lowest BCUT2D eigenvalue weighted by atomic mass is 10.0. The van der Waals surface area contributed by atoms with E-state index in [0.29, 0.717) is 6.42 Å². The molecule has 0 fully saturated rings. The standard InChI is InChI=1S/C12H13N3S2/c1-12(14,8-13)6-7-16-11-15-9-4-2-3-5-10(9)17-11/h2-5H,6-7,14H2,1H3. The SMILES string of the molecule is CC(N)(C#N)CCSc1nc2ccccc2s1. The number of nitrogens with two attached hydrogens (primary N) is 1. The van der Waals surface area contributed by atoms with E-state index in [2.05, 4.69) is 17.1 Å². The van der Waals surface area contributed by atoms with Gasteiger partial charge in [-0.25, -0.2) is 4.98 Å². The molecule has 88 valence electrons. The van der Waals surface area contributed by atoms with Crippen molar-refractivity contribution in [2.24, 2.45) is 5.73 Å².